The molecule has 0 aromatic carbocycles. The molecule has 0 aliphatic rings. The Balaban J connectivity index is 1.49. The molecule has 0 saturated heterocycles. The highest BCUT2D eigenvalue weighted by atomic mass is 32.1. The molecule has 32 heavy (non-hydrogen) atoms. The van der Waals surface area contributed by atoms with E-state index in [1.165, 1.54) is 11.3 Å². The van der Waals surface area contributed by atoms with Gasteiger partial charge < -0.3 is 4.98 Å². The highest BCUT2D eigenvalue weighted by Gasteiger charge is 2.17. The molecule has 0 radical (unpaired) electrons. The molecule has 0 fully saturated rings. The SMILES string of the molecule is CC(=O)c1ccc(-c2nccc3[nH]c(-c4n[nH]c5ccc(-c6ccncc6)nc45)cc23)s1. The topological polar surface area (TPSA) is 100 Å². The summed E-state index contributed by atoms with van der Waals surface area (Å²) in [4.78, 5) is 30.4. The maximum absolute atomic E-state index is 11.7. The van der Waals surface area contributed by atoms with E-state index < -0.39 is 0 Å². The van der Waals surface area contributed by atoms with E-state index in [4.69, 9.17) is 4.98 Å². The number of carbonyl (C=O) groups is 1. The van der Waals surface area contributed by atoms with Gasteiger partial charge in [-0.25, -0.2) is 4.98 Å². The van der Waals surface area contributed by atoms with Gasteiger partial charge in [0, 0.05) is 35.1 Å². The Bertz CT molecular complexity index is 1610. The fourth-order valence-electron chi connectivity index (χ4n) is 3.80. The van der Waals surface area contributed by atoms with Gasteiger partial charge in [0.15, 0.2) is 5.78 Å². The molecule has 7 nitrogen and oxygen atoms in total. The Morgan fingerprint density at radius 2 is 1.81 bits per heavy atom. The highest BCUT2D eigenvalue weighted by molar-refractivity contribution is 7.17. The number of ketones is 1. The maximum atomic E-state index is 11.7. The van der Waals surface area contributed by atoms with Crippen LogP contribution in [0.2, 0.25) is 0 Å². The van der Waals surface area contributed by atoms with Crippen LogP contribution < -0.4 is 0 Å². The maximum Gasteiger partial charge on any atom is 0.169 e. The molecular formula is C24H16N6OS. The number of Topliss-reactive ketones (excluding diaryl/α,β-unsaturated/α-hetero) is 1. The zero-order chi connectivity index (χ0) is 21.7. The lowest BCUT2D eigenvalue weighted by molar-refractivity contribution is 0.102. The number of thiophene rings is 1. The molecule has 0 amide bonds. The predicted molar refractivity (Wildman–Crippen MR) is 126 cm³/mol. The van der Waals surface area contributed by atoms with Crippen molar-refractivity contribution in [3.8, 4) is 33.2 Å². The minimum absolute atomic E-state index is 0.0576. The summed E-state index contributed by atoms with van der Waals surface area (Å²) in [5, 5.41) is 8.58. The van der Waals surface area contributed by atoms with Gasteiger partial charge in [-0.3, -0.25) is 19.9 Å². The summed E-state index contributed by atoms with van der Waals surface area (Å²) in [5.74, 6) is 0.0576. The van der Waals surface area contributed by atoms with Crippen molar-refractivity contribution < 1.29 is 4.79 Å². The zero-order valence-electron chi connectivity index (χ0n) is 17.0. The van der Waals surface area contributed by atoms with Crippen LogP contribution in [0.3, 0.4) is 0 Å². The Labute approximate surface area is 186 Å². The summed E-state index contributed by atoms with van der Waals surface area (Å²) < 4.78 is 0. The van der Waals surface area contributed by atoms with Crippen molar-refractivity contribution in [2.45, 2.75) is 6.92 Å². The van der Waals surface area contributed by atoms with Gasteiger partial charge in [-0.05, 0) is 55.5 Å². The number of nitrogens with one attached hydrogen (secondary N) is 2. The lowest BCUT2D eigenvalue weighted by Gasteiger charge is -2.00. The van der Waals surface area contributed by atoms with Crippen molar-refractivity contribution in [1.82, 2.24) is 30.1 Å². The van der Waals surface area contributed by atoms with Crippen LogP contribution in [0.25, 0.3) is 55.2 Å². The fraction of sp³-hybridized carbons (Fsp3) is 0.0417. The fourth-order valence-corrected chi connectivity index (χ4v) is 4.71. The molecular weight excluding hydrogens is 420 g/mol. The van der Waals surface area contributed by atoms with Crippen LogP contribution in [-0.4, -0.2) is 35.9 Å². The number of hydrogen-bond donors (Lipinski definition) is 2. The normalized spacial score (nSPS) is 11.4. The molecule has 154 valence electrons. The van der Waals surface area contributed by atoms with E-state index in [0.717, 1.165) is 60.0 Å². The minimum Gasteiger partial charge on any atom is -0.353 e. The van der Waals surface area contributed by atoms with Gasteiger partial charge in [-0.1, -0.05) is 0 Å². The van der Waals surface area contributed by atoms with Gasteiger partial charge in [0.2, 0.25) is 0 Å². The van der Waals surface area contributed by atoms with Gasteiger partial charge in [0.1, 0.15) is 11.2 Å². The van der Waals surface area contributed by atoms with Crippen molar-refractivity contribution in [1.29, 1.82) is 0 Å². The lowest BCUT2D eigenvalue weighted by Crippen LogP contribution is -1.86. The summed E-state index contributed by atoms with van der Waals surface area (Å²) in [7, 11) is 0. The van der Waals surface area contributed by atoms with E-state index in [9.17, 15) is 4.79 Å². The highest BCUT2D eigenvalue weighted by Crippen LogP contribution is 2.35. The number of hydrogen-bond acceptors (Lipinski definition) is 6. The Morgan fingerprint density at radius 3 is 2.62 bits per heavy atom. The molecule has 0 unspecified atom stereocenters. The molecule has 0 atom stereocenters. The van der Waals surface area contributed by atoms with Gasteiger partial charge in [-0.2, -0.15) is 5.10 Å². The Hall–Kier alpha value is -4.17. The molecule has 0 bridgehead atoms. The molecule has 6 aromatic rings. The summed E-state index contributed by atoms with van der Waals surface area (Å²) >= 11 is 1.45. The number of fused-ring (bicyclic) bond motifs is 2. The average molecular weight is 437 g/mol. The average Bonchev–Trinajstić information content (AvgIpc) is 3.56. The number of aromatic nitrogens is 6. The summed E-state index contributed by atoms with van der Waals surface area (Å²) in [6, 6.07) is 15.6. The monoisotopic (exact) mass is 436 g/mol. The van der Waals surface area contributed by atoms with E-state index in [2.05, 4.69) is 25.1 Å². The van der Waals surface area contributed by atoms with Crippen molar-refractivity contribution >= 4 is 39.1 Å². The molecule has 6 heterocycles. The largest absolute Gasteiger partial charge is 0.353 e. The van der Waals surface area contributed by atoms with Gasteiger partial charge in [0.05, 0.1) is 32.4 Å². The van der Waals surface area contributed by atoms with Crippen LogP contribution in [0.1, 0.15) is 16.6 Å². The van der Waals surface area contributed by atoms with Crippen LogP contribution in [0.4, 0.5) is 0 Å². The minimum atomic E-state index is 0.0576. The van der Waals surface area contributed by atoms with Crippen molar-refractivity contribution in [3.05, 3.63) is 72.0 Å². The van der Waals surface area contributed by atoms with Crippen molar-refractivity contribution in [2.75, 3.05) is 0 Å². The second-order valence-corrected chi connectivity index (χ2v) is 8.51. The summed E-state index contributed by atoms with van der Waals surface area (Å²) in [6.45, 7) is 1.58. The predicted octanol–water partition coefficient (Wildman–Crippen LogP) is 5.49. The number of aromatic amines is 2. The smallest absolute Gasteiger partial charge is 0.169 e. The lowest BCUT2D eigenvalue weighted by atomic mass is 10.1. The summed E-state index contributed by atoms with van der Waals surface area (Å²) in [5.41, 5.74) is 6.89. The number of carbonyl (C=O) groups excluding carboxylic acids is 1. The second kappa shape index (κ2) is 7.21. The number of nitrogens with zero attached hydrogens (tertiary/aromatic N) is 4. The van der Waals surface area contributed by atoms with Crippen LogP contribution in [0.15, 0.2) is 67.1 Å². The van der Waals surface area contributed by atoms with E-state index >= 15 is 0 Å². The van der Waals surface area contributed by atoms with Crippen molar-refractivity contribution in [2.24, 2.45) is 0 Å². The number of pyridine rings is 3. The molecule has 8 heteroatoms. The molecule has 0 spiro atoms. The summed E-state index contributed by atoms with van der Waals surface area (Å²) in [6.07, 6.45) is 5.28. The van der Waals surface area contributed by atoms with E-state index in [-0.39, 0.29) is 5.78 Å². The molecule has 2 N–H and O–H groups in total. The van der Waals surface area contributed by atoms with E-state index in [1.54, 1.807) is 25.5 Å². The van der Waals surface area contributed by atoms with Gasteiger partial charge in [-0.15, -0.1) is 11.3 Å². The van der Waals surface area contributed by atoms with Crippen LogP contribution in [0, 0.1) is 0 Å². The Morgan fingerprint density at radius 1 is 0.938 bits per heavy atom. The third kappa shape index (κ3) is 3.00. The first kappa shape index (κ1) is 18.6. The number of rotatable bonds is 4. The molecule has 0 saturated carbocycles. The van der Waals surface area contributed by atoms with Crippen molar-refractivity contribution in [3.63, 3.8) is 0 Å². The third-order valence-electron chi connectivity index (χ3n) is 5.37. The molecule has 0 aliphatic heterocycles. The van der Waals surface area contributed by atoms with Crippen LogP contribution in [0.5, 0.6) is 0 Å². The first-order chi connectivity index (χ1) is 15.7. The standard InChI is InChI=1S/C24H16N6OS/c1-13(31)20-4-5-21(32-20)22-15-12-19(27-17(15)8-11-26-22)24-23-18(29-30-24)3-2-16(28-23)14-6-9-25-10-7-14/h2-12,27H,1H3,(H,29,30). The quantitative estimate of drug-likeness (QED) is 0.356. The first-order valence-electron chi connectivity index (χ1n) is 10.0. The molecule has 6 rings (SSSR count). The number of H-pyrrole nitrogens is 2. The van der Waals surface area contributed by atoms with Crippen LogP contribution >= 0.6 is 11.3 Å². The van der Waals surface area contributed by atoms with E-state index in [0.29, 0.717) is 0 Å². The first-order valence-corrected chi connectivity index (χ1v) is 10.8. The third-order valence-corrected chi connectivity index (χ3v) is 6.57. The van der Waals surface area contributed by atoms with E-state index in [1.807, 2.05) is 48.5 Å². The molecule has 0 aliphatic carbocycles. The Kier molecular flexibility index (Phi) is 4.19. The van der Waals surface area contributed by atoms with Gasteiger partial charge in [0.25, 0.3) is 0 Å². The van der Waals surface area contributed by atoms with Gasteiger partial charge >= 0.3 is 0 Å². The second-order valence-electron chi connectivity index (χ2n) is 7.42. The zero-order valence-corrected chi connectivity index (χ0v) is 17.8. The van der Waals surface area contributed by atoms with Crippen LogP contribution in [-0.2, 0) is 0 Å². The molecule has 6 aromatic heterocycles.